The number of hydrogen-bond acceptors (Lipinski definition) is 7. The van der Waals surface area contributed by atoms with Gasteiger partial charge in [-0.1, -0.05) is 19.8 Å². The first-order chi connectivity index (χ1) is 16.5. The molecule has 0 unspecified atom stereocenters. The van der Waals surface area contributed by atoms with Crippen molar-refractivity contribution in [3.05, 3.63) is 35.3 Å². The van der Waals surface area contributed by atoms with Gasteiger partial charge in [0.1, 0.15) is 16.3 Å². The number of imide groups is 1. The number of amides is 3. The van der Waals surface area contributed by atoms with E-state index in [0.717, 1.165) is 80.4 Å². The fraction of sp³-hybridized carbons (Fsp3) is 0.560. The van der Waals surface area contributed by atoms with Crippen LogP contribution in [0.25, 0.3) is 10.6 Å². The van der Waals surface area contributed by atoms with Crippen LogP contribution in [0.5, 0.6) is 5.75 Å². The first-order valence-corrected chi connectivity index (χ1v) is 13.0. The Labute approximate surface area is 204 Å². The lowest BCUT2D eigenvalue weighted by Gasteiger charge is -2.38. The van der Waals surface area contributed by atoms with Gasteiger partial charge in [-0.25, -0.2) is 14.7 Å². The molecule has 182 valence electrons. The predicted octanol–water partition coefficient (Wildman–Crippen LogP) is 3.39. The molecule has 5 rings (SSSR count). The van der Waals surface area contributed by atoms with E-state index in [1.807, 2.05) is 24.3 Å². The number of benzene rings is 1. The van der Waals surface area contributed by atoms with E-state index in [4.69, 9.17) is 9.72 Å². The van der Waals surface area contributed by atoms with Crippen LogP contribution in [0.2, 0.25) is 0 Å². The van der Waals surface area contributed by atoms with E-state index >= 15 is 0 Å². The molecule has 1 N–H and O–H groups in total. The second kappa shape index (κ2) is 9.64. The summed E-state index contributed by atoms with van der Waals surface area (Å²) in [7, 11) is 1.67. The third-order valence-electron chi connectivity index (χ3n) is 7.58. The molecule has 1 aromatic heterocycles. The molecule has 8 nitrogen and oxygen atoms in total. The molecule has 1 spiro atoms. The van der Waals surface area contributed by atoms with Crippen molar-refractivity contribution in [2.75, 3.05) is 40.0 Å². The molecule has 3 amide bonds. The van der Waals surface area contributed by atoms with Gasteiger partial charge in [-0.2, -0.15) is 0 Å². The topological polar surface area (TPSA) is 78.0 Å². The number of ether oxygens (including phenoxy) is 1. The molecule has 34 heavy (non-hydrogen) atoms. The summed E-state index contributed by atoms with van der Waals surface area (Å²) in [6.45, 7) is 6.72. The Morgan fingerprint density at radius 1 is 1.12 bits per heavy atom. The summed E-state index contributed by atoms with van der Waals surface area (Å²) in [5, 5.41) is 6.20. The highest BCUT2D eigenvalue weighted by Crippen LogP contribution is 2.38. The fourth-order valence-corrected chi connectivity index (χ4v) is 6.20. The molecule has 3 fully saturated rings. The van der Waals surface area contributed by atoms with Gasteiger partial charge in [-0.15, -0.1) is 11.3 Å². The lowest BCUT2D eigenvalue weighted by molar-refractivity contribution is -0.136. The fourth-order valence-electron chi connectivity index (χ4n) is 5.39. The van der Waals surface area contributed by atoms with Gasteiger partial charge in [0.2, 0.25) is 0 Å². The highest BCUT2D eigenvalue weighted by atomic mass is 32.1. The molecular weight excluding hydrogens is 450 g/mol. The van der Waals surface area contributed by atoms with Gasteiger partial charge in [-0.3, -0.25) is 14.6 Å². The number of thiazole rings is 1. The van der Waals surface area contributed by atoms with Crippen molar-refractivity contribution in [1.82, 2.24) is 25.0 Å². The Kier molecular flexibility index (Phi) is 6.59. The van der Waals surface area contributed by atoms with Crippen molar-refractivity contribution in [2.45, 2.75) is 44.7 Å². The number of carbonyl (C=O) groups excluding carboxylic acids is 2. The van der Waals surface area contributed by atoms with Crippen LogP contribution in [-0.4, -0.2) is 77.1 Å². The summed E-state index contributed by atoms with van der Waals surface area (Å²) in [5.41, 5.74) is 1.50. The van der Waals surface area contributed by atoms with E-state index in [1.54, 1.807) is 18.4 Å². The third kappa shape index (κ3) is 4.44. The maximum absolute atomic E-state index is 13.2. The average Bonchev–Trinajstić information content (AvgIpc) is 3.41. The summed E-state index contributed by atoms with van der Waals surface area (Å²) in [6.07, 6.45) is 3.89. The smallest absolute Gasteiger partial charge is 0.326 e. The molecule has 2 aliphatic heterocycles. The minimum absolute atomic E-state index is 0.0272. The third-order valence-corrected chi connectivity index (χ3v) is 8.52. The Bertz CT molecular complexity index is 1030. The molecule has 1 aromatic carbocycles. The Morgan fingerprint density at radius 3 is 2.56 bits per heavy atom. The van der Waals surface area contributed by atoms with E-state index in [0.29, 0.717) is 6.67 Å². The highest BCUT2D eigenvalue weighted by molar-refractivity contribution is 7.13. The van der Waals surface area contributed by atoms with Crippen LogP contribution in [-0.2, 0) is 11.3 Å². The van der Waals surface area contributed by atoms with Crippen LogP contribution < -0.4 is 10.1 Å². The molecular formula is C25H33N5O3S. The summed E-state index contributed by atoms with van der Waals surface area (Å²) in [4.78, 5) is 36.8. The van der Waals surface area contributed by atoms with Gasteiger partial charge >= 0.3 is 6.03 Å². The number of hydrogen-bond donors (Lipinski definition) is 1. The van der Waals surface area contributed by atoms with E-state index in [1.165, 1.54) is 4.90 Å². The number of nitrogens with one attached hydrogen (secondary N) is 1. The van der Waals surface area contributed by atoms with Crippen molar-refractivity contribution in [2.24, 2.45) is 5.92 Å². The summed E-state index contributed by atoms with van der Waals surface area (Å²) in [6, 6.07) is 7.76. The normalized spacial score (nSPS) is 26.3. The van der Waals surface area contributed by atoms with Gasteiger partial charge < -0.3 is 10.1 Å². The second-order valence-corrected chi connectivity index (χ2v) is 10.5. The molecule has 3 heterocycles. The zero-order chi connectivity index (χ0) is 23.7. The van der Waals surface area contributed by atoms with Crippen molar-refractivity contribution >= 4 is 23.3 Å². The first-order valence-electron chi connectivity index (χ1n) is 12.2. The highest BCUT2D eigenvalue weighted by Gasteiger charge is 2.55. The number of aromatic nitrogens is 1. The monoisotopic (exact) mass is 483 g/mol. The first kappa shape index (κ1) is 23.3. The molecule has 0 radical (unpaired) electrons. The van der Waals surface area contributed by atoms with Gasteiger partial charge in [0.25, 0.3) is 5.91 Å². The van der Waals surface area contributed by atoms with Crippen LogP contribution in [0, 0.1) is 5.92 Å². The number of piperazine rings is 1. The minimum Gasteiger partial charge on any atom is -0.497 e. The largest absolute Gasteiger partial charge is 0.497 e. The van der Waals surface area contributed by atoms with Crippen LogP contribution in [0.4, 0.5) is 4.79 Å². The van der Waals surface area contributed by atoms with Crippen molar-refractivity contribution < 1.29 is 14.3 Å². The van der Waals surface area contributed by atoms with Crippen molar-refractivity contribution in [3.63, 3.8) is 0 Å². The van der Waals surface area contributed by atoms with E-state index in [9.17, 15) is 9.59 Å². The average molecular weight is 484 g/mol. The zero-order valence-corrected chi connectivity index (χ0v) is 20.8. The van der Waals surface area contributed by atoms with Gasteiger partial charge in [0, 0.05) is 43.7 Å². The van der Waals surface area contributed by atoms with Crippen LogP contribution in [0.3, 0.4) is 0 Å². The van der Waals surface area contributed by atoms with Crippen molar-refractivity contribution in [3.8, 4) is 16.3 Å². The quantitative estimate of drug-likeness (QED) is 0.635. The van der Waals surface area contributed by atoms with E-state index in [2.05, 4.69) is 27.4 Å². The molecule has 9 heteroatoms. The number of rotatable bonds is 6. The Morgan fingerprint density at radius 2 is 1.85 bits per heavy atom. The standard InChI is InChI=1S/C25H33N5O3S/c1-18-5-3-4-10-25(18)23(31)30(24(32)27-25)17-29-13-11-28(12-14-29)15-20-16-34-22(26-20)19-6-8-21(33-2)9-7-19/h6-9,16,18H,3-5,10-15,17H2,1-2H3,(H,27,32)/t18-,25+/m1/s1. The number of methoxy groups -OCH3 is 1. The number of nitrogens with zero attached hydrogens (tertiary/aromatic N) is 4. The van der Waals surface area contributed by atoms with E-state index < -0.39 is 5.54 Å². The lowest BCUT2D eigenvalue weighted by Crippen LogP contribution is -2.55. The summed E-state index contributed by atoms with van der Waals surface area (Å²) in [5.74, 6) is 1.01. The molecule has 3 aliphatic rings. The Balaban J connectivity index is 1.13. The lowest BCUT2D eigenvalue weighted by atomic mass is 9.73. The maximum Gasteiger partial charge on any atom is 0.326 e. The molecule has 1 saturated carbocycles. The molecule has 2 saturated heterocycles. The number of urea groups is 1. The van der Waals surface area contributed by atoms with Crippen LogP contribution >= 0.6 is 11.3 Å². The summed E-state index contributed by atoms with van der Waals surface area (Å²) >= 11 is 1.66. The van der Waals surface area contributed by atoms with Crippen LogP contribution in [0.1, 0.15) is 38.3 Å². The Hall–Kier alpha value is -2.49. The second-order valence-electron chi connectivity index (χ2n) is 9.69. The van der Waals surface area contributed by atoms with Crippen LogP contribution in [0.15, 0.2) is 29.6 Å². The number of carbonyl (C=O) groups is 2. The summed E-state index contributed by atoms with van der Waals surface area (Å²) < 4.78 is 5.24. The molecule has 2 aromatic rings. The van der Waals surface area contributed by atoms with Gasteiger partial charge in [-0.05, 0) is 43.0 Å². The van der Waals surface area contributed by atoms with Gasteiger partial charge in [0.15, 0.2) is 0 Å². The zero-order valence-electron chi connectivity index (χ0n) is 20.0. The van der Waals surface area contributed by atoms with E-state index in [-0.39, 0.29) is 17.9 Å². The maximum atomic E-state index is 13.2. The predicted molar refractivity (Wildman–Crippen MR) is 132 cm³/mol. The van der Waals surface area contributed by atoms with Crippen molar-refractivity contribution in [1.29, 1.82) is 0 Å². The van der Waals surface area contributed by atoms with Gasteiger partial charge in [0.05, 0.1) is 19.5 Å². The minimum atomic E-state index is -0.677. The molecule has 2 atom stereocenters. The molecule has 0 bridgehead atoms. The molecule has 1 aliphatic carbocycles. The SMILES string of the molecule is COc1ccc(-c2nc(CN3CCN(CN4C(=O)N[C@]5(CCCC[C@H]5C)C4=O)CC3)cs2)cc1.